The number of nitrogens with zero attached hydrogens (tertiary/aromatic N) is 4. The molecule has 7 heteroatoms. The van der Waals surface area contributed by atoms with Crippen LogP contribution >= 0.6 is 11.6 Å². The molecular weight excluding hydrogens is 352 g/mol. The van der Waals surface area contributed by atoms with Gasteiger partial charge >= 0.3 is 5.69 Å². The summed E-state index contributed by atoms with van der Waals surface area (Å²) in [6.45, 7) is 3.27. The molecule has 0 aliphatic carbocycles. The van der Waals surface area contributed by atoms with Crippen molar-refractivity contribution in [1.29, 1.82) is 0 Å². The highest BCUT2D eigenvalue weighted by Gasteiger charge is 2.23. The summed E-state index contributed by atoms with van der Waals surface area (Å²) in [4.78, 5) is 21.5. The maximum Gasteiger partial charge on any atom is 0.311 e. The average molecular weight is 371 g/mol. The molecule has 1 fully saturated rings. The van der Waals surface area contributed by atoms with Crippen molar-refractivity contribution in [3.8, 4) is 0 Å². The van der Waals surface area contributed by atoms with Gasteiger partial charge < -0.3 is 4.90 Å². The maximum atomic E-state index is 11.2. The molecule has 1 saturated heterocycles. The first kappa shape index (κ1) is 18.1. The molecule has 6 nitrogen and oxygen atoms in total. The van der Waals surface area contributed by atoms with Gasteiger partial charge in [0.15, 0.2) is 0 Å². The van der Waals surface area contributed by atoms with Crippen LogP contribution in [0.15, 0.2) is 48.1 Å². The summed E-state index contributed by atoms with van der Waals surface area (Å²) >= 11 is 5.87. The quantitative estimate of drug-likeness (QED) is 0.447. The zero-order valence-corrected chi connectivity index (χ0v) is 15.2. The molecule has 0 atom stereocenters. The largest absolute Gasteiger partial charge is 0.350 e. The summed E-state index contributed by atoms with van der Waals surface area (Å²) in [5, 5.41) is 11.7. The van der Waals surface area contributed by atoms with Gasteiger partial charge in [-0.1, -0.05) is 35.4 Å². The first-order valence-electron chi connectivity index (χ1n) is 8.38. The second-order valence-electron chi connectivity index (χ2n) is 6.11. The lowest BCUT2D eigenvalue weighted by Gasteiger charge is -2.29. The Kier molecular flexibility index (Phi) is 5.63. The second-order valence-corrected chi connectivity index (χ2v) is 6.50. The minimum atomic E-state index is -0.367. The minimum Gasteiger partial charge on any atom is -0.350 e. The van der Waals surface area contributed by atoms with E-state index in [0.29, 0.717) is 24.1 Å². The number of piperidine rings is 1. The standard InChI is InChI=1S/C19H19ClN4O2/c1-14-8-9-17(24(25)26)19(21-14)23-12-10-15(11-13-23)4-2-5-16-6-3-7-18(20)22-16/h2-9H,10-13H2,1H3/b5-2+. The highest BCUT2D eigenvalue weighted by atomic mass is 35.5. The number of rotatable bonds is 4. The van der Waals surface area contributed by atoms with Crippen LogP contribution in [0.1, 0.15) is 24.2 Å². The van der Waals surface area contributed by atoms with Crippen LogP contribution < -0.4 is 4.90 Å². The van der Waals surface area contributed by atoms with E-state index in [-0.39, 0.29) is 10.6 Å². The Bertz CT molecular complexity index is 870. The van der Waals surface area contributed by atoms with Gasteiger partial charge in [0.1, 0.15) is 5.15 Å². The SMILES string of the molecule is Cc1ccc([N+](=O)[O-])c(N2CCC(=C/C=C/c3cccc(Cl)n3)CC2)n1. The van der Waals surface area contributed by atoms with Crippen molar-refractivity contribution >= 4 is 29.2 Å². The monoisotopic (exact) mass is 370 g/mol. The van der Waals surface area contributed by atoms with Gasteiger partial charge in [0.2, 0.25) is 5.82 Å². The number of halogens is 1. The molecule has 1 aliphatic heterocycles. The lowest BCUT2D eigenvalue weighted by Crippen LogP contribution is -2.32. The molecule has 3 heterocycles. The molecule has 0 bridgehead atoms. The van der Waals surface area contributed by atoms with E-state index in [2.05, 4.69) is 16.0 Å². The van der Waals surface area contributed by atoms with Crippen LogP contribution in [0, 0.1) is 17.0 Å². The fourth-order valence-electron chi connectivity index (χ4n) is 2.88. The van der Waals surface area contributed by atoms with Gasteiger partial charge in [-0.05, 0) is 44.0 Å². The topological polar surface area (TPSA) is 72.2 Å². The molecule has 134 valence electrons. The molecule has 0 unspecified atom stereocenters. The van der Waals surface area contributed by atoms with Crippen LogP contribution in [0.5, 0.6) is 0 Å². The lowest BCUT2D eigenvalue weighted by atomic mass is 10.0. The third kappa shape index (κ3) is 4.46. The fraction of sp³-hybridized carbons (Fsp3) is 0.263. The Labute approximate surface area is 157 Å². The van der Waals surface area contributed by atoms with Gasteiger partial charge in [-0.2, -0.15) is 0 Å². The predicted octanol–water partition coefficient (Wildman–Crippen LogP) is 4.59. The van der Waals surface area contributed by atoms with E-state index in [1.807, 2.05) is 36.1 Å². The zero-order chi connectivity index (χ0) is 18.5. The third-order valence-corrected chi connectivity index (χ3v) is 4.44. The van der Waals surface area contributed by atoms with Crippen LogP contribution in [-0.2, 0) is 0 Å². The van der Waals surface area contributed by atoms with Gasteiger partial charge in [-0.25, -0.2) is 9.97 Å². The van der Waals surface area contributed by atoms with E-state index in [1.54, 1.807) is 12.1 Å². The van der Waals surface area contributed by atoms with Crippen molar-refractivity contribution in [2.45, 2.75) is 19.8 Å². The number of allylic oxidation sites excluding steroid dienone is 2. The molecule has 3 rings (SSSR count). The number of nitro groups is 1. The van der Waals surface area contributed by atoms with Crippen LogP contribution in [-0.4, -0.2) is 28.0 Å². The Hall–Kier alpha value is -2.73. The van der Waals surface area contributed by atoms with E-state index >= 15 is 0 Å². The summed E-state index contributed by atoms with van der Waals surface area (Å²) in [7, 11) is 0. The molecule has 0 saturated carbocycles. The first-order valence-corrected chi connectivity index (χ1v) is 8.76. The van der Waals surface area contributed by atoms with Crippen LogP contribution in [0.2, 0.25) is 5.15 Å². The van der Waals surface area contributed by atoms with Crippen molar-refractivity contribution < 1.29 is 4.92 Å². The van der Waals surface area contributed by atoms with E-state index in [4.69, 9.17) is 11.6 Å². The van der Waals surface area contributed by atoms with Gasteiger partial charge in [0.05, 0.1) is 10.6 Å². The van der Waals surface area contributed by atoms with E-state index in [9.17, 15) is 10.1 Å². The summed E-state index contributed by atoms with van der Waals surface area (Å²) in [5.74, 6) is 0.465. The lowest BCUT2D eigenvalue weighted by molar-refractivity contribution is -0.384. The highest BCUT2D eigenvalue weighted by Crippen LogP contribution is 2.29. The van der Waals surface area contributed by atoms with Crippen LogP contribution in [0.3, 0.4) is 0 Å². The smallest absolute Gasteiger partial charge is 0.311 e. The van der Waals surface area contributed by atoms with Crippen molar-refractivity contribution in [3.05, 3.63) is 74.7 Å². The molecule has 0 radical (unpaired) electrons. The molecule has 1 aliphatic rings. The van der Waals surface area contributed by atoms with Gasteiger partial charge in [0.25, 0.3) is 0 Å². The van der Waals surface area contributed by atoms with E-state index in [0.717, 1.165) is 24.2 Å². The molecule has 2 aromatic heterocycles. The number of anilines is 1. The molecule has 0 aromatic carbocycles. The Morgan fingerprint density at radius 1 is 1.19 bits per heavy atom. The van der Waals surface area contributed by atoms with Crippen LogP contribution in [0.4, 0.5) is 11.5 Å². The second kappa shape index (κ2) is 8.10. The third-order valence-electron chi connectivity index (χ3n) is 4.23. The van der Waals surface area contributed by atoms with Crippen molar-refractivity contribution in [2.75, 3.05) is 18.0 Å². The molecule has 0 N–H and O–H groups in total. The zero-order valence-electron chi connectivity index (χ0n) is 14.4. The number of aryl methyl sites for hydroxylation is 1. The average Bonchev–Trinajstić information content (AvgIpc) is 2.62. The Morgan fingerprint density at radius 3 is 2.65 bits per heavy atom. The summed E-state index contributed by atoms with van der Waals surface area (Å²) in [5.41, 5.74) is 2.96. The van der Waals surface area contributed by atoms with Crippen molar-refractivity contribution in [1.82, 2.24) is 9.97 Å². The highest BCUT2D eigenvalue weighted by molar-refractivity contribution is 6.29. The number of hydrogen-bond acceptors (Lipinski definition) is 5. The summed E-state index contributed by atoms with van der Waals surface area (Å²) in [6.07, 6.45) is 7.66. The molecule has 0 amide bonds. The Balaban J connectivity index is 1.66. The molecule has 2 aromatic rings. The number of hydrogen-bond donors (Lipinski definition) is 0. The maximum absolute atomic E-state index is 11.2. The van der Waals surface area contributed by atoms with Crippen molar-refractivity contribution in [2.24, 2.45) is 0 Å². The van der Waals surface area contributed by atoms with Crippen molar-refractivity contribution in [3.63, 3.8) is 0 Å². The summed E-state index contributed by atoms with van der Waals surface area (Å²) in [6, 6.07) is 8.70. The number of pyridine rings is 2. The predicted molar refractivity (Wildman–Crippen MR) is 103 cm³/mol. The summed E-state index contributed by atoms with van der Waals surface area (Å²) < 4.78 is 0. The van der Waals surface area contributed by atoms with E-state index < -0.39 is 0 Å². The Morgan fingerprint density at radius 2 is 1.96 bits per heavy atom. The number of aromatic nitrogens is 2. The molecule has 26 heavy (non-hydrogen) atoms. The normalized spacial score (nSPS) is 14.7. The molecule has 0 spiro atoms. The van der Waals surface area contributed by atoms with Gasteiger partial charge in [-0.3, -0.25) is 10.1 Å². The van der Waals surface area contributed by atoms with Gasteiger partial charge in [0, 0.05) is 24.8 Å². The molecular formula is C19H19ClN4O2. The fourth-order valence-corrected chi connectivity index (χ4v) is 3.05. The van der Waals surface area contributed by atoms with Crippen LogP contribution in [0.25, 0.3) is 6.08 Å². The first-order chi connectivity index (χ1) is 12.5. The van der Waals surface area contributed by atoms with E-state index in [1.165, 1.54) is 11.6 Å². The van der Waals surface area contributed by atoms with Gasteiger partial charge in [-0.15, -0.1) is 0 Å². The minimum absolute atomic E-state index is 0.0648.